The minimum atomic E-state index is -0.431. The molecule has 3 rings (SSSR count). The molecule has 1 N–H and O–H groups in total. The van der Waals surface area contributed by atoms with E-state index in [9.17, 15) is 14.0 Å². The Hall–Kier alpha value is -3.67. The molecule has 0 radical (unpaired) electrons. The van der Waals surface area contributed by atoms with Crippen molar-refractivity contribution in [3.05, 3.63) is 94.8 Å². The van der Waals surface area contributed by atoms with Crippen molar-refractivity contribution in [2.24, 2.45) is 0 Å². The van der Waals surface area contributed by atoms with Gasteiger partial charge in [-0.15, -0.1) is 0 Å². The fourth-order valence-corrected chi connectivity index (χ4v) is 3.16. The minimum absolute atomic E-state index is 0.242. The van der Waals surface area contributed by atoms with Gasteiger partial charge in [-0.1, -0.05) is 18.2 Å². The zero-order chi connectivity index (χ0) is 21.7. The lowest BCUT2D eigenvalue weighted by atomic mass is 9.97. The maximum atomic E-state index is 13.2. The molecule has 3 aromatic rings. The van der Waals surface area contributed by atoms with Gasteiger partial charge in [0, 0.05) is 22.8 Å². The number of nitrogens with one attached hydrogen (secondary N) is 1. The predicted octanol–water partition coefficient (Wildman–Crippen LogP) is 4.56. The van der Waals surface area contributed by atoms with Crippen LogP contribution in [0.4, 0.5) is 4.39 Å². The first-order valence-electron chi connectivity index (χ1n) is 9.36. The first-order valence-corrected chi connectivity index (χ1v) is 9.36. The lowest BCUT2D eigenvalue weighted by Crippen LogP contribution is -2.28. The molecule has 0 saturated carbocycles. The van der Waals surface area contributed by atoms with Gasteiger partial charge in [-0.2, -0.15) is 0 Å². The van der Waals surface area contributed by atoms with Gasteiger partial charge in [-0.05, 0) is 49.4 Å². The van der Waals surface area contributed by atoms with Crippen LogP contribution >= 0.6 is 0 Å². The molecule has 1 amide bonds. The number of rotatable bonds is 7. The normalized spacial score (nSPS) is 11.5. The Morgan fingerprint density at radius 2 is 1.57 bits per heavy atom. The zero-order valence-corrected chi connectivity index (χ0v) is 16.9. The van der Waals surface area contributed by atoms with Crippen molar-refractivity contribution in [2.75, 3.05) is 14.2 Å². The molecule has 0 heterocycles. The van der Waals surface area contributed by atoms with Crippen molar-refractivity contribution in [1.82, 2.24) is 5.32 Å². The number of halogens is 1. The number of hydrogen-bond donors (Lipinski definition) is 1. The SMILES string of the molecule is COc1ccc(C(C)NC(=O)c2ccccc2C(=O)c2ccc(F)cc2)c(OC)c1. The van der Waals surface area contributed by atoms with E-state index in [1.807, 2.05) is 13.0 Å². The first kappa shape index (κ1) is 21.0. The van der Waals surface area contributed by atoms with E-state index in [4.69, 9.17) is 9.47 Å². The molecule has 6 heteroatoms. The molecule has 0 aliphatic heterocycles. The first-order chi connectivity index (χ1) is 14.4. The number of benzene rings is 3. The van der Waals surface area contributed by atoms with Crippen LogP contribution in [0.15, 0.2) is 66.7 Å². The lowest BCUT2D eigenvalue weighted by Gasteiger charge is -2.19. The lowest BCUT2D eigenvalue weighted by molar-refractivity contribution is 0.0929. The van der Waals surface area contributed by atoms with Crippen molar-refractivity contribution in [3.63, 3.8) is 0 Å². The van der Waals surface area contributed by atoms with Crippen molar-refractivity contribution in [1.29, 1.82) is 0 Å². The van der Waals surface area contributed by atoms with Gasteiger partial charge < -0.3 is 14.8 Å². The summed E-state index contributed by atoms with van der Waals surface area (Å²) in [7, 11) is 3.11. The second kappa shape index (κ2) is 9.22. The summed E-state index contributed by atoms with van der Waals surface area (Å²) < 4.78 is 23.8. The summed E-state index contributed by atoms with van der Waals surface area (Å²) in [5.41, 5.74) is 1.57. The molecule has 5 nitrogen and oxygen atoms in total. The van der Waals surface area contributed by atoms with Gasteiger partial charge in [0.1, 0.15) is 17.3 Å². The van der Waals surface area contributed by atoms with Crippen LogP contribution in [-0.2, 0) is 0 Å². The Kier molecular flexibility index (Phi) is 6.47. The molecule has 154 valence electrons. The average Bonchev–Trinajstić information content (AvgIpc) is 2.78. The highest BCUT2D eigenvalue weighted by molar-refractivity contribution is 6.15. The Balaban J connectivity index is 1.86. The Morgan fingerprint density at radius 3 is 2.20 bits per heavy atom. The maximum absolute atomic E-state index is 13.2. The molecule has 1 atom stereocenters. The highest BCUT2D eigenvalue weighted by Crippen LogP contribution is 2.29. The van der Waals surface area contributed by atoms with E-state index < -0.39 is 11.7 Å². The topological polar surface area (TPSA) is 64.6 Å². The number of methoxy groups -OCH3 is 2. The quantitative estimate of drug-likeness (QED) is 0.583. The molecule has 0 saturated heterocycles. The van der Waals surface area contributed by atoms with Crippen molar-refractivity contribution in [3.8, 4) is 11.5 Å². The average molecular weight is 407 g/mol. The van der Waals surface area contributed by atoms with E-state index in [0.29, 0.717) is 17.1 Å². The monoisotopic (exact) mass is 407 g/mol. The summed E-state index contributed by atoms with van der Waals surface area (Å²) in [5, 5.41) is 2.91. The number of ketones is 1. The van der Waals surface area contributed by atoms with Gasteiger partial charge in [-0.3, -0.25) is 9.59 Å². The zero-order valence-electron chi connectivity index (χ0n) is 16.9. The molecule has 0 bridgehead atoms. The van der Waals surface area contributed by atoms with Gasteiger partial charge in [-0.25, -0.2) is 4.39 Å². The van der Waals surface area contributed by atoms with E-state index in [1.165, 1.54) is 24.3 Å². The van der Waals surface area contributed by atoms with E-state index in [1.54, 1.807) is 50.6 Å². The number of carbonyl (C=O) groups is 2. The fraction of sp³-hybridized carbons (Fsp3) is 0.167. The van der Waals surface area contributed by atoms with Crippen LogP contribution in [0.3, 0.4) is 0 Å². The van der Waals surface area contributed by atoms with Gasteiger partial charge >= 0.3 is 0 Å². The molecule has 0 fully saturated rings. The molecule has 1 unspecified atom stereocenters. The van der Waals surface area contributed by atoms with Crippen LogP contribution in [0, 0.1) is 5.82 Å². The second-order valence-corrected chi connectivity index (χ2v) is 6.68. The van der Waals surface area contributed by atoms with Gasteiger partial charge in [0.05, 0.1) is 25.8 Å². The number of ether oxygens (including phenoxy) is 2. The van der Waals surface area contributed by atoms with E-state index >= 15 is 0 Å². The number of carbonyl (C=O) groups excluding carboxylic acids is 2. The Morgan fingerprint density at radius 1 is 0.900 bits per heavy atom. The highest BCUT2D eigenvalue weighted by atomic mass is 19.1. The third kappa shape index (κ3) is 4.49. The Labute approximate surface area is 174 Å². The summed E-state index contributed by atoms with van der Waals surface area (Å²) in [4.78, 5) is 25.8. The molecule has 30 heavy (non-hydrogen) atoms. The summed E-state index contributed by atoms with van der Waals surface area (Å²) >= 11 is 0. The number of hydrogen-bond acceptors (Lipinski definition) is 4. The summed E-state index contributed by atoms with van der Waals surface area (Å²) in [6, 6.07) is 16.7. The minimum Gasteiger partial charge on any atom is -0.497 e. The molecule has 0 spiro atoms. The largest absolute Gasteiger partial charge is 0.497 e. The van der Waals surface area contributed by atoms with Crippen LogP contribution < -0.4 is 14.8 Å². The van der Waals surface area contributed by atoms with Crippen LogP contribution in [-0.4, -0.2) is 25.9 Å². The molecule has 0 aromatic heterocycles. The van der Waals surface area contributed by atoms with Crippen LogP contribution in [0.25, 0.3) is 0 Å². The van der Waals surface area contributed by atoms with E-state index in [2.05, 4.69) is 5.32 Å². The summed E-state index contributed by atoms with van der Waals surface area (Å²) in [6.07, 6.45) is 0. The molecule has 0 aliphatic carbocycles. The summed E-state index contributed by atoms with van der Waals surface area (Å²) in [5.74, 6) is 0.0453. The van der Waals surface area contributed by atoms with Gasteiger partial charge in [0.2, 0.25) is 0 Å². The number of amides is 1. The van der Waals surface area contributed by atoms with Gasteiger partial charge in [0.25, 0.3) is 5.91 Å². The molecule has 3 aromatic carbocycles. The van der Waals surface area contributed by atoms with Gasteiger partial charge in [0.15, 0.2) is 5.78 Å². The van der Waals surface area contributed by atoms with Crippen LogP contribution in [0.1, 0.15) is 44.8 Å². The smallest absolute Gasteiger partial charge is 0.252 e. The molecule has 0 aliphatic rings. The Bertz CT molecular complexity index is 1060. The third-order valence-electron chi connectivity index (χ3n) is 4.78. The van der Waals surface area contributed by atoms with Crippen molar-refractivity contribution in [2.45, 2.75) is 13.0 Å². The van der Waals surface area contributed by atoms with Crippen molar-refractivity contribution >= 4 is 11.7 Å². The highest BCUT2D eigenvalue weighted by Gasteiger charge is 2.21. The third-order valence-corrected chi connectivity index (χ3v) is 4.78. The van der Waals surface area contributed by atoms with Crippen LogP contribution in [0.5, 0.6) is 11.5 Å². The predicted molar refractivity (Wildman–Crippen MR) is 112 cm³/mol. The standard InChI is InChI=1S/C24H22FNO4/c1-15(19-13-12-18(29-2)14-22(19)30-3)26-24(28)21-7-5-4-6-20(21)23(27)16-8-10-17(25)11-9-16/h4-15H,1-3H3,(H,26,28). The molecular formula is C24H22FNO4. The summed E-state index contributed by atoms with van der Waals surface area (Å²) in [6.45, 7) is 1.83. The molecular weight excluding hydrogens is 385 g/mol. The van der Waals surface area contributed by atoms with E-state index in [-0.39, 0.29) is 23.0 Å². The second-order valence-electron chi connectivity index (χ2n) is 6.68. The maximum Gasteiger partial charge on any atom is 0.252 e. The van der Waals surface area contributed by atoms with E-state index in [0.717, 1.165) is 5.56 Å². The van der Waals surface area contributed by atoms with Crippen LogP contribution in [0.2, 0.25) is 0 Å². The van der Waals surface area contributed by atoms with Crippen molar-refractivity contribution < 1.29 is 23.5 Å². The fourth-order valence-electron chi connectivity index (χ4n) is 3.16.